The molecule has 13 heteroatoms. The highest BCUT2D eigenvalue weighted by Crippen LogP contribution is 2.31. The number of halogens is 2. The number of nitrogens with zero attached hydrogens (tertiary/aromatic N) is 3. The van der Waals surface area contributed by atoms with Crippen LogP contribution in [0.25, 0.3) is 10.9 Å². The standard InChI is InChI=1S/C25H26ClFN6O5/c26-18-6-3-4-15(22(18)27)10-30-20(34)12-32(11-14-8-16(9-14)38-25(29)37)21(35)13-33-19-7-2-1-5-17(19)23(31-33)24(28)36/h1-7,14,16H,8-13H2,(H2,28,36)(H2,29,37)(H,30,34)/t14-,16-. The molecule has 0 saturated heterocycles. The predicted molar refractivity (Wildman–Crippen MR) is 135 cm³/mol. The smallest absolute Gasteiger partial charge is 0.404 e. The number of carbonyl (C=O) groups is 4. The van der Waals surface area contributed by atoms with Crippen LogP contribution >= 0.6 is 11.6 Å². The van der Waals surface area contributed by atoms with Gasteiger partial charge >= 0.3 is 6.09 Å². The Morgan fingerprint density at radius 2 is 1.87 bits per heavy atom. The highest BCUT2D eigenvalue weighted by Gasteiger charge is 2.34. The fourth-order valence-electron chi connectivity index (χ4n) is 4.42. The quantitative estimate of drug-likeness (QED) is 0.353. The maximum Gasteiger partial charge on any atom is 0.404 e. The summed E-state index contributed by atoms with van der Waals surface area (Å²) < 4.78 is 20.5. The van der Waals surface area contributed by atoms with E-state index in [0.717, 1.165) is 0 Å². The SMILES string of the molecule is NC(=O)O[C@H]1C[C@H](CN(CC(=O)NCc2cccc(Cl)c2F)C(=O)Cn2nc(C(N)=O)c3ccccc32)C1. The minimum Gasteiger partial charge on any atom is -0.446 e. The Balaban J connectivity index is 1.47. The van der Waals surface area contributed by atoms with Crippen molar-refractivity contribution in [1.29, 1.82) is 0 Å². The average Bonchev–Trinajstić information content (AvgIpc) is 3.21. The summed E-state index contributed by atoms with van der Waals surface area (Å²) in [5, 5.41) is 7.26. The number of nitrogens with two attached hydrogens (primary N) is 2. The first-order valence-electron chi connectivity index (χ1n) is 11.8. The fourth-order valence-corrected chi connectivity index (χ4v) is 4.61. The minimum absolute atomic E-state index is 0.0305. The van der Waals surface area contributed by atoms with Gasteiger partial charge in [-0.25, -0.2) is 9.18 Å². The van der Waals surface area contributed by atoms with Crippen molar-refractivity contribution in [3.8, 4) is 0 Å². The normalized spacial score (nSPS) is 16.5. The first-order chi connectivity index (χ1) is 18.1. The van der Waals surface area contributed by atoms with Gasteiger partial charge in [0, 0.05) is 24.0 Å². The maximum absolute atomic E-state index is 14.2. The number of benzene rings is 2. The minimum atomic E-state index is -0.871. The number of amides is 4. The zero-order valence-electron chi connectivity index (χ0n) is 20.2. The average molecular weight is 545 g/mol. The molecule has 0 radical (unpaired) electrons. The summed E-state index contributed by atoms with van der Waals surface area (Å²) in [4.78, 5) is 50.3. The number of hydrogen-bond donors (Lipinski definition) is 3. The summed E-state index contributed by atoms with van der Waals surface area (Å²) in [7, 11) is 0. The number of para-hydroxylation sites is 1. The Hall–Kier alpha value is -4.19. The van der Waals surface area contributed by atoms with Gasteiger partial charge in [0.15, 0.2) is 5.69 Å². The molecule has 0 bridgehead atoms. The summed E-state index contributed by atoms with van der Waals surface area (Å²) in [6.07, 6.45) is -0.246. The number of hydrogen-bond acceptors (Lipinski definition) is 6. The van der Waals surface area contributed by atoms with Crippen molar-refractivity contribution in [2.24, 2.45) is 17.4 Å². The number of primary amides is 2. The largest absolute Gasteiger partial charge is 0.446 e. The lowest BCUT2D eigenvalue weighted by Crippen LogP contribution is -2.47. The summed E-state index contributed by atoms with van der Waals surface area (Å²) >= 11 is 5.80. The molecular formula is C25H26ClFN6O5. The van der Waals surface area contributed by atoms with Gasteiger partial charge in [0.1, 0.15) is 18.5 Å². The zero-order chi connectivity index (χ0) is 27.4. The summed E-state index contributed by atoms with van der Waals surface area (Å²) in [6, 6.07) is 11.3. The summed E-state index contributed by atoms with van der Waals surface area (Å²) in [5.41, 5.74) is 11.3. The van der Waals surface area contributed by atoms with Crippen LogP contribution in [0.15, 0.2) is 42.5 Å². The molecule has 4 rings (SSSR count). The molecule has 2 aromatic carbocycles. The molecule has 38 heavy (non-hydrogen) atoms. The summed E-state index contributed by atoms with van der Waals surface area (Å²) in [6.45, 7) is -0.464. The van der Waals surface area contributed by atoms with Gasteiger partial charge in [-0.3, -0.25) is 19.1 Å². The molecule has 11 nitrogen and oxygen atoms in total. The molecule has 0 unspecified atom stereocenters. The van der Waals surface area contributed by atoms with E-state index in [4.69, 9.17) is 27.8 Å². The zero-order valence-corrected chi connectivity index (χ0v) is 21.0. The second kappa shape index (κ2) is 11.5. The van der Waals surface area contributed by atoms with E-state index in [1.165, 1.54) is 21.7 Å². The van der Waals surface area contributed by atoms with E-state index < -0.39 is 29.6 Å². The maximum atomic E-state index is 14.2. The van der Waals surface area contributed by atoms with Gasteiger partial charge in [-0.15, -0.1) is 0 Å². The van der Waals surface area contributed by atoms with Crippen LogP contribution < -0.4 is 16.8 Å². The van der Waals surface area contributed by atoms with Crippen molar-refractivity contribution in [1.82, 2.24) is 20.0 Å². The van der Waals surface area contributed by atoms with Crippen molar-refractivity contribution in [3.05, 3.63) is 64.6 Å². The van der Waals surface area contributed by atoms with Crippen LogP contribution in [-0.2, 0) is 27.4 Å². The molecule has 1 aromatic heterocycles. The molecule has 1 fully saturated rings. The predicted octanol–water partition coefficient (Wildman–Crippen LogP) is 1.95. The van der Waals surface area contributed by atoms with Crippen molar-refractivity contribution < 1.29 is 28.3 Å². The van der Waals surface area contributed by atoms with Gasteiger partial charge in [0.2, 0.25) is 11.8 Å². The molecule has 5 N–H and O–H groups in total. The van der Waals surface area contributed by atoms with Gasteiger partial charge in [0.05, 0.1) is 17.1 Å². The fraction of sp³-hybridized carbons (Fsp3) is 0.320. The van der Waals surface area contributed by atoms with Crippen LogP contribution in [-0.4, -0.2) is 57.7 Å². The van der Waals surface area contributed by atoms with E-state index in [-0.39, 0.29) is 54.5 Å². The number of nitrogens with one attached hydrogen (secondary N) is 1. The Morgan fingerprint density at radius 1 is 1.13 bits per heavy atom. The summed E-state index contributed by atoms with van der Waals surface area (Å²) in [5.74, 6) is -2.33. The van der Waals surface area contributed by atoms with Crippen LogP contribution in [0.4, 0.5) is 9.18 Å². The molecule has 1 heterocycles. The molecule has 1 aliphatic carbocycles. The Bertz CT molecular complexity index is 1390. The molecule has 1 aliphatic rings. The Labute approximate surface area is 221 Å². The Kier molecular flexibility index (Phi) is 8.10. The van der Waals surface area contributed by atoms with E-state index in [1.54, 1.807) is 30.3 Å². The monoisotopic (exact) mass is 544 g/mol. The lowest BCUT2D eigenvalue weighted by molar-refractivity contribution is -0.138. The molecule has 4 amide bonds. The number of aromatic nitrogens is 2. The second-order valence-electron chi connectivity index (χ2n) is 9.05. The van der Waals surface area contributed by atoms with Crippen molar-refractivity contribution in [2.75, 3.05) is 13.1 Å². The van der Waals surface area contributed by atoms with Gasteiger partial charge in [-0.05, 0) is 30.9 Å². The molecule has 3 aromatic rings. The number of rotatable bonds is 10. The van der Waals surface area contributed by atoms with E-state index in [1.807, 2.05) is 0 Å². The highest BCUT2D eigenvalue weighted by atomic mass is 35.5. The van der Waals surface area contributed by atoms with Gasteiger partial charge in [-0.2, -0.15) is 5.10 Å². The Morgan fingerprint density at radius 3 is 2.58 bits per heavy atom. The van der Waals surface area contributed by atoms with Crippen LogP contribution in [0.1, 0.15) is 28.9 Å². The highest BCUT2D eigenvalue weighted by molar-refractivity contribution is 6.30. The van der Waals surface area contributed by atoms with Crippen LogP contribution in [0, 0.1) is 11.7 Å². The second-order valence-corrected chi connectivity index (χ2v) is 9.46. The number of carbonyl (C=O) groups excluding carboxylic acids is 4. The third-order valence-corrected chi connectivity index (χ3v) is 6.62. The molecule has 200 valence electrons. The van der Waals surface area contributed by atoms with Crippen LogP contribution in [0.5, 0.6) is 0 Å². The van der Waals surface area contributed by atoms with Gasteiger partial charge in [-0.1, -0.05) is 41.9 Å². The lowest BCUT2D eigenvalue weighted by atomic mass is 9.82. The van der Waals surface area contributed by atoms with Crippen molar-refractivity contribution in [2.45, 2.75) is 32.0 Å². The lowest BCUT2D eigenvalue weighted by Gasteiger charge is -2.37. The molecule has 1 saturated carbocycles. The van der Waals surface area contributed by atoms with Crippen LogP contribution in [0.2, 0.25) is 5.02 Å². The molecule has 0 aliphatic heterocycles. The topological polar surface area (TPSA) is 163 Å². The third kappa shape index (κ3) is 6.20. The number of ether oxygens (including phenoxy) is 1. The first kappa shape index (κ1) is 26.9. The van der Waals surface area contributed by atoms with Gasteiger partial charge in [0.25, 0.3) is 5.91 Å². The third-order valence-electron chi connectivity index (χ3n) is 6.32. The van der Waals surface area contributed by atoms with Crippen molar-refractivity contribution >= 4 is 46.3 Å². The van der Waals surface area contributed by atoms with E-state index in [0.29, 0.717) is 23.7 Å². The van der Waals surface area contributed by atoms with Gasteiger partial charge < -0.3 is 26.4 Å². The van der Waals surface area contributed by atoms with Crippen molar-refractivity contribution in [3.63, 3.8) is 0 Å². The first-order valence-corrected chi connectivity index (χ1v) is 12.2. The van der Waals surface area contributed by atoms with E-state index >= 15 is 0 Å². The van der Waals surface area contributed by atoms with E-state index in [2.05, 4.69) is 10.4 Å². The number of fused-ring (bicyclic) bond motifs is 1. The molecule has 0 atom stereocenters. The molecule has 0 spiro atoms. The molecular weight excluding hydrogens is 519 g/mol. The van der Waals surface area contributed by atoms with E-state index in [9.17, 15) is 23.6 Å². The van der Waals surface area contributed by atoms with Crippen LogP contribution in [0.3, 0.4) is 0 Å².